The monoisotopic (exact) mass is 297 g/mol. The van der Waals surface area contributed by atoms with E-state index in [1.165, 1.54) is 6.07 Å². The minimum atomic E-state index is -3.05. The van der Waals surface area contributed by atoms with Crippen LogP contribution in [0.3, 0.4) is 0 Å². The van der Waals surface area contributed by atoms with Crippen molar-refractivity contribution in [2.75, 3.05) is 11.5 Å². The Morgan fingerprint density at radius 2 is 2.25 bits per heavy atom. The minimum Gasteiger partial charge on any atom is -0.369 e. The van der Waals surface area contributed by atoms with Crippen LogP contribution in [0.2, 0.25) is 0 Å². The van der Waals surface area contributed by atoms with Crippen molar-refractivity contribution in [1.82, 2.24) is 9.55 Å². The number of halogens is 1. The zero-order chi connectivity index (χ0) is 14.5. The first-order valence-corrected chi connectivity index (χ1v) is 8.23. The highest BCUT2D eigenvalue weighted by Gasteiger charge is 2.32. The molecule has 1 aliphatic rings. The van der Waals surface area contributed by atoms with E-state index in [0.29, 0.717) is 29.4 Å². The molecule has 1 atom stereocenters. The molecule has 1 aromatic heterocycles. The van der Waals surface area contributed by atoms with Gasteiger partial charge in [0.25, 0.3) is 0 Å². The van der Waals surface area contributed by atoms with Gasteiger partial charge in [-0.1, -0.05) is 0 Å². The van der Waals surface area contributed by atoms with Crippen LogP contribution in [0, 0.1) is 12.7 Å². The Morgan fingerprint density at radius 3 is 2.90 bits per heavy atom. The average molecular weight is 297 g/mol. The van der Waals surface area contributed by atoms with Crippen LogP contribution >= 0.6 is 0 Å². The van der Waals surface area contributed by atoms with Gasteiger partial charge in [-0.15, -0.1) is 0 Å². The topological polar surface area (TPSA) is 78.0 Å². The maximum Gasteiger partial charge on any atom is 0.201 e. The summed E-state index contributed by atoms with van der Waals surface area (Å²) in [5.41, 5.74) is 7.49. The normalized spacial score (nSPS) is 21.6. The predicted molar refractivity (Wildman–Crippen MR) is 75.6 cm³/mol. The Hall–Kier alpha value is -1.63. The number of hydrogen-bond donors (Lipinski definition) is 1. The number of hydrogen-bond acceptors (Lipinski definition) is 4. The van der Waals surface area contributed by atoms with E-state index >= 15 is 0 Å². The number of fused-ring (bicyclic) bond motifs is 1. The molecule has 0 amide bonds. The summed E-state index contributed by atoms with van der Waals surface area (Å²) in [4.78, 5) is 4.11. The number of imidazole rings is 1. The predicted octanol–water partition coefficient (Wildman–Crippen LogP) is 1.64. The molecule has 1 aromatic carbocycles. The number of rotatable bonds is 2. The molecule has 0 radical (unpaired) electrons. The van der Waals surface area contributed by atoms with Crippen LogP contribution in [0.4, 0.5) is 10.3 Å². The fraction of sp³-hybridized carbons (Fsp3) is 0.462. The fourth-order valence-corrected chi connectivity index (χ4v) is 4.53. The highest BCUT2D eigenvalue weighted by molar-refractivity contribution is 7.92. The number of sulfone groups is 1. The second kappa shape index (κ2) is 4.44. The van der Waals surface area contributed by atoms with E-state index in [9.17, 15) is 12.8 Å². The van der Waals surface area contributed by atoms with Crippen LogP contribution in [0.25, 0.3) is 11.0 Å². The number of nitrogens with zero attached hydrogens (tertiary/aromatic N) is 2. The van der Waals surface area contributed by atoms with Gasteiger partial charge in [0.05, 0.1) is 22.0 Å². The molecule has 2 heterocycles. The lowest BCUT2D eigenvalue weighted by atomic mass is 10.2. The summed E-state index contributed by atoms with van der Waals surface area (Å²) in [6, 6.07) is 3.00. The summed E-state index contributed by atoms with van der Waals surface area (Å²) in [6.07, 6.45) is 1.33. The Kier molecular flexibility index (Phi) is 2.97. The molecule has 1 saturated heterocycles. The highest BCUT2D eigenvalue weighted by atomic mass is 32.2. The van der Waals surface area contributed by atoms with Crippen molar-refractivity contribution in [2.24, 2.45) is 0 Å². The van der Waals surface area contributed by atoms with E-state index in [0.717, 1.165) is 0 Å². The van der Waals surface area contributed by atoms with Crippen LogP contribution in [0.5, 0.6) is 0 Å². The lowest BCUT2D eigenvalue weighted by Gasteiger charge is -2.12. The average Bonchev–Trinajstić information content (AvgIpc) is 2.83. The maximum absolute atomic E-state index is 13.5. The molecule has 108 valence electrons. The summed E-state index contributed by atoms with van der Waals surface area (Å²) in [5, 5.41) is -0.424. The number of aryl methyl sites for hydroxylation is 1. The van der Waals surface area contributed by atoms with Gasteiger partial charge >= 0.3 is 0 Å². The largest absolute Gasteiger partial charge is 0.369 e. The molecule has 0 bridgehead atoms. The third-order valence-corrected chi connectivity index (χ3v) is 6.17. The van der Waals surface area contributed by atoms with Crippen LogP contribution in [0.1, 0.15) is 18.4 Å². The molecule has 0 aliphatic carbocycles. The number of aromatic nitrogens is 2. The van der Waals surface area contributed by atoms with Gasteiger partial charge in [-0.25, -0.2) is 17.8 Å². The number of nitrogen functional groups attached to an aromatic ring is 1. The first kappa shape index (κ1) is 13.4. The van der Waals surface area contributed by atoms with Crippen molar-refractivity contribution >= 4 is 26.8 Å². The van der Waals surface area contributed by atoms with Gasteiger partial charge in [0.15, 0.2) is 9.84 Å². The molecule has 2 N–H and O–H groups in total. The van der Waals surface area contributed by atoms with E-state index < -0.39 is 15.1 Å². The van der Waals surface area contributed by atoms with Crippen molar-refractivity contribution in [1.29, 1.82) is 0 Å². The smallest absolute Gasteiger partial charge is 0.201 e. The van der Waals surface area contributed by atoms with Gasteiger partial charge in [0.2, 0.25) is 5.95 Å². The number of benzene rings is 1. The van der Waals surface area contributed by atoms with Gasteiger partial charge in [0, 0.05) is 12.6 Å². The van der Waals surface area contributed by atoms with E-state index in [1.807, 2.05) is 0 Å². The first-order chi connectivity index (χ1) is 9.38. The number of anilines is 1. The van der Waals surface area contributed by atoms with Gasteiger partial charge in [-0.2, -0.15) is 0 Å². The minimum absolute atomic E-state index is 0.229. The second-order valence-electron chi connectivity index (χ2n) is 5.30. The molecule has 20 heavy (non-hydrogen) atoms. The lowest BCUT2D eigenvalue weighted by molar-refractivity contribution is 0.571. The Bertz CT molecular complexity index is 783. The molecule has 7 heteroatoms. The van der Waals surface area contributed by atoms with E-state index in [4.69, 9.17) is 5.73 Å². The van der Waals surface area contributed by atoms with Crippen molar-refractivity contribution in [3.8, 4) is 0 Å². The van der Waals surface area contributed by atoms with Crippen molar-refractivity contribution in [3.63, 3.8) is 0 Å². The third-order valence-electron chi connectivity index (χ3n) is 3.91. The summed E-state index contributed by atoms with van der Waals surface area (Å²) in [5.74, 6) is 0.125. The van der Waals surface area contributed by atoms with Gasteiger partial charge in [-0.05, 0) is 31.4 Å². The maximum atomic E-state index is 13.5. The van der Waals surface area contributed by atoms with Crippen LogP contribution in [-0.4, -0.2) is 29.0 Å². The van der Waals surface area contributed by atoms with Gasteiger partial charge in [0.1, 0.15) is 5.82 Å². The van der Waals surface area contributed by atoms with E-state index in [1.54, 1.807) is 17.6 Å². The van der Waals surface area contributed by atoms with E-state index in [-0.39, 0.29) is 24.1 Å². The summed E-state index contributed by atoms with van der Waals surface area (Å²) >= 11 is 0. The van der Waals surface area contributed by atoms with Gasteiger partial charge < -0.3 is 10.3 Å². The summed E-state index contributed by atoms with van der Waals surface area (Å²) < 4.78 is 39.1. The SMILES string of the molecule is Cc1cc2c(cc1F)nc(N)n2CC1CCCS1(=O)=O. The molecule has 5 nitrogen and oxygen atoms in total. The van der Waals surface area contributed by atoms with E-state index in [2.05, 4.69) is 4.98 Å². The van der Waals surface area contributed by atoms with Crippen LogP contribution in [-0.2, 0) is 16.4 Å². The summed E-state index contributed by atoms with van der Waals surface area (Å²) in [7, 11) is -3.05. The molecule has 2 aromatic rings. The fourth-order valence-electron chi connectivity index (χ4n) is 2.73. The number of nitrogens with two attached hydrogens (primary N) is 1. The molecular weight excluding hydrogens is 281 g/mol. The Labute approximate surface area is 116 Å². The van der Waals surface area contributed by atoms with Crippen molar-refractivity contribution < 1.29 is 12.8 Å². The second-order valence-corrected chi connectivity index (χ2v) is 7.70. The highest BCUT2D eigenvalue weighted by Crippen LogP contribution is 2.26. The van der Waals surface area contributed by atoms with Crippen LogP contribution in [0.15, 0.2) is 12.1 Å². The molecule has 0 saturated carbocycles. The molecule has 1 fully saturated rings. The Morgan fingerprint density at radius 1 is 1.50 bits per heavy atom. The molecular formula is C13H16FN3O2S. The lowest BCUT2D eigenvalue weighted by Crippen LogP contribution is -2.23. The van der Waals surface area contributed by atoms with Crippen molar-refractivity contribution in [2.45, 2.75) is 31.6 Å². The third kappa shape index (κ3) is 2.06. The summed E-state index contributed by atoms with van der Waals surface area (Å²) in [6.45, 7) is 1.95. The van der Waals surface area contributed by atoms with Crippen molar-refractivity contribution in [3.05, 3.63) is 23.5 Å². The molecule has 0 spiro atoms. The first-order valence-electron chi connectivity index (χ1n) is 6.52. The van der Waals surface area contributed by atoms with Gasteiger partial charge in [-0.3, -0.25) is 0 Å². The Balaban J connectivity index is 2.07. The molecule has 3 rings (SSSR count). The zero-order valence-electron chi connectivity index (χ0n) is 11.1. The van der Waals surface area contributed by atoms with Crippen LogP contribution < -0.4 is 5.73 Å². The molecule has 1 aliphatic heterocycles. The molecule has 1 unspecified atom stereocenters. The quantitative estimate of drug-likeness (QED) is 0.914. The standard InChI is InChI=1S/C13H16FN3O2S/c1-8-5-12-11(6-10(8)14)16-13(15)17(12)7-9-3-2-4-20(9,18)19/h5-6,9H,2-4,7H2,1H3,(H2,15,16). The zero-order valence-corrected chi connectivity index (χ0v) is 12.0.